The third-order valence-electron chi connectivity index (χ3n) is 2.19. The average molecular weight is 269 g/mol. The molecule has 88 valence electrons. The summed E-state index contributed by atoms with van der Waals surface area (Å²) in [6.45, 7) is 0. The third kappa shape index (κ3) is 2.34. The van der Waals surface area contributed by atoms with Gasteiger partial charge in [0.15, 0.2) is 0 Å². The first-order valence-electron chi connectivity index (χ1n) is 4.56. The van der Waals surface area contributed by atoms with Gasteiger partial charge in [-0.3, -0.25) is 0 Å². The largest absolute Gasteiger partial charge is 0.327 e. The maximum atomic E-state index is 11.7. The molecule has 0 bridgehead atoms. The van der Waals surface area contributed by atoms with E-state index in [1.54, 1.807) is 36.4 Å². The van der Waals surface area contributed by atoms with Crippen LogP contribution in [-0.4, -0.2) is 16.8 Å². The van der Waals surface area contributed by atoms with Gasteiger partial charge in [-0.05, 0) is 15.2 Å². The van der Waals surface area contributed by atoms with Crippen LogP contribution >= 0.6 is 0 Å². The second-order valence-corrected chi connectivity index (χ2v) is 5.66. The molecule has 0 aliphatic heterocycles. The number of fused-ring (bicyclic) bond motifs is 1. The van der Waals surface area contributed by atoms with E-state index in [1.165, 1.54) is 6.07 Å². The van der Waals surface area contributed by atoms with E-state index in [2.05, 4.69) is 3.77 Å². The van der Waals surface area contributed by atoms with Crippen LogP contribution in [0.25, 0.3) is 10.8 Å². The summed E-state index contributed by atoms with van der Waals surface area (Å²) in [7, 11) is -7.17. The van der Waals surface area contributed by atoms with Crippen molar-refractivity contribution in [1.82, 2.24) is 0 Å². The molecule has 0 spiro atoms. The van der Waals surface area contributed by atoms with E-state index in [1.807, 2.05) is 0 Å². The standard InChI is InChI=1S/C10H7NO4S2/c12-16(13)11-17(14,15)10-7-3-5-8-4-1-2-6-9(8)10/h1-7H. The molecule has 0 aliphatic carbocycles. The molecule has 5 nitrogen and oxygen atoms in total. The van der Waals surface area contributed by atoms with Gasteiger partial charge in [0.1, 0.15) is 0 Å². The number of hydrogen-bond acceptors (Lipinski definition) is 4. The highest BCUT2D eigenvalue weighted by Crippen LogP contribution is 2.23. The Kier molecular flexibility index (Phi) is 2.95. The minimum absolute atomic E-state index is 0.111. The van der Waals surface area contributed by atoms with Crippen molar-refractivity contribution in [2.45, 2.75) is 4.90 Å². The monoisotopic (exact) mass is 269 g/mol. The van der Waals surface area contributed by atoms with Gasteiger partial charge in [0.25, 0.3) is 10.0 Å². The van der Waals surface area contributed by atoms with Gasteiger partial charge in [0, 0.05) is 5.39 Å². The van der Waals surface area contributed by atoms with Gasteiger partial charge in [-0.25, -0.2) is 0 Å². The number of rotatable bonds is 2. The molecule has 0 aliphatic rings. The van der Waals surface area contributed by atoms with E-state index >= 15 is 0 Å². The zero-order valence-corrected chi connectivity index (χ0v) is 10.1. The average Bonchev–Trinajstić information content (AvgIpc) is 2.26. The lowest BCUT2D eigenvalue weighted by Crippen LogP contribution is -1.97. The van der Waals surface area contributed by atoms with E-state index in [0.717, 1.165) is 0 Å². The maximum absolute atomic E-state index is 11.7. The van der Waals surface area contributed by atoms with Gasteiger partial charge in [-0.2, -0.15) is 16.8 Å². The van der Waals surface area contributed by atoms with Crippen molar-refractivity contribution in [2.75, 3.05) is 0 Å². The highest BCUT2D eigenvalue weighted by Gasteiger charge is 2.16. The topological polar surface area (TPSA) is 80.6 Å². The Morgan fingerprint density at radius 2 is 1.59 bits per heavy atom. The molecule has 0 N–H and O–H groups in total. The smallest absolute Gasteiger partial charge is 0.198 e. The Balaban J connectivity index is 2.86. The van der Waals surface area contributed by atoms with Crippen LogP contribution in [-0.2, 0) is 20.5 Å². The fraction of sp³-hybridized carbons (Fsp3) is 0. The molecule has 17 heavy (non-hydrogen) atoms. The van der Waals surface area contributed by atoms with Gasteiger partial charge in [0.05, 0.1) is 4.90 Å². The van der Waals surface area contributed by atoms with Crippen molar-refractivity contribution in [1.29, 1.82) is 0 Å². The molecule has 0 saturated heterocycles. The van der Waals surface area contributed by atoms with E-state index in [4.69, 9.17) is 0 Å². The molecule has 0 heterocycles. The van der Waals surface area contributed by atoms with E-state index in [9.17, 15) is 16.8 Å². The van der Waals surface area contributed by atoms with E-state index in [-0.39, 0.29) is 4.90 Å². The normalized spacial score (nSPS) is 11.3. The summed E-state index contributed by atoms with van der Waals surface area (Å²) < 4.78 is 46.9. The second kappa shape index (κ2) is 4.27. The predicted molar refractivity (Wildman–Crippen MR) is 62.5 cm³/mol. The minimum Gasteiger partial charge on any atom is -0.198 e. The summed E-state index contributed by atoms with van der Waals surface area (Å²) in [5.41, 5.74) is 0. The molecule has 7 heteroatoms. The first kappa shape index (κ1) is 11.7. The van der Waals surface area contributed by atoms with Crippen LogP contribution in [0.3, 0.4) is 0 Å². The van der Waals surface area contributed by atoms with Crippen molar-refractivity contribution in [3.05, 3.63) is 42.5 Å². The van der Waals surface area contributed by atoms with Crippen LogP contribution < -0.4 is 0 Å². The van der Waals surface area contributed by atoms with Gasteiger partial charge < -0.3 is 0 Å². The zero-order chi connectivity index (χ0) is 12.5. The summed E-state index contributed by atoms with van der Waals surface area (Å²) in [5, 5.41) is 1.16. The number of benzene rings is 2. The second-order valence-electron chi connectivity index (χ2n) is 3.24. The molecule has 0 unspecified atom stereocenters. The molecular formula is C10H7NO4S2. The molecule has 2 aromatic rings. The molecule has 0 fully saturated rings. The quantitative estimate of drug-likeness (QED) is 0.829. The lowest BCUT2D eigenvalue weighted by Gasteiger charge is -2.02. The van der Waals surface area contributed by atoms with Gasteiger partial charge >= 0.3 is 10.5 Å². The third-order valence-corrected chi connectivity index (χ3v) is 4.37. The molecule has 0 aromatic heterocycles. The van der Waals surface area contributed by atoms with Gasteiger partial charge in [0.2, 0.25) is 0 Å². The fourth-order valence-electron chi connectivity index (χ4n) is 1.54. The Labute approximate surface area is 99.5 Å². The lowest BCUT2D eigenvalue weighted by atomic mass is 10.1. The summed E-state index contributed by atoms with van der Waals surface area (Å²) in [6, 6.07) is 11.4. The van der Waals surface area contributed by atoms with Crippen molar-refractivity contribution in [3.63, 3.8) is 0 Å². The molecular weight excluding hydrogens is 262 g/mol. The van der Waals surface area contributed by atoms with Crippen LogP contribution in [0, 0.1) is 0 Å². The molecule has 0 amide bonds. The number of sulfonamides is 1. The molecule has 0 saturated carbocycles. The molecule has 2 aromatic carbocycles. The summed E-state index contributed by atoms with van der Waals surface area (Å²) in [5.74, 6) is 0. The highest BCUT2D eigenvalue weighted by molar-refractivity contribution is 7.94. The van der Waals surface area contributed by atoms with E-state index in [0.29, 0.717) is 10.8 Å². The van der Waals surface area contributed by atoms with Crippen molar-refractivity contribution < 1.29 is 16.8 Å². The number of hydrogen-bond donors (Lipinski definition) is 0. The van der Waals surface area contributed by atoms with Crippen LogP contribution in [0.15, 0.2) is 51.1 Å². The van der Waals surface area contributed by atoms with Crippen molar-refractivity contribution >= 4 is 31.3 Å². The summed E-state index contributed by atoms with van der Waals surface area (Å²) in [4.78, 5) is -0.111. The number of nitrogens with zero attached hydrogens (tertiary/aromatic N) is 1. The first-order valence-corrected chi connectivity index (χ1v) is 7.03. The SMILES string of the molecule is O=S(=O)=NS(=O)(=O)c1cccc2ccccc12. The Morgan fingerprint density at radius 3 is 2.29 bits per heavy atom. The summed E-state index contributed by atoms with van der Waals surface area (Å²) in [6.07, 6.45) is 0. The van der Waals surface area contributed by atoms with Crippen molar-refractivity contribution in [2.24, 2.45) is 3.77 Å². The van der Waals surface area contributed by atoms with E-state index < -0.39 is 20.5 Å². The predicted octanol–water partition coefficient (Wildman–Crippen LogP) is 1.59. The molecule has 0 atom stereocenters. The first-order chi connectivity index (χ1) is 8.00. The maximum Gasteiger partial charge on any atom is 0.327 e. The molecule has 2 rings (SSSR count). The fourth-order valence-corrected chi connectivity index (χ4v) is 3.22. The van der Waals surface area contributed by atoms with Crippen LogP contribution in [0.5, 0.6) is 0 Å². The lowest BCUT2D eigenvalue weighted by molar-refractivity contribution is 0.597. The Bertz CT molecular complexity index is 794. The Morgan fingerprint density at radius 1 is 0.941 bits per heavy atom. The zero-order valence-electron chi connectivity index (χ0n) is 8.44. The van der Waals surface area contributed by atoms with Gasteiger partial charge in [-0.1, -0.05) is 36.4 Å². The van der Waals surface area contributed by atoms with Gasteiger partial charge in [-0.15, -0.1) is 0 Å². The minimum atomic E-state index is -4.17. The van der Waals surface area contributed by atoms with Crippen LogP contribution in [0.1, 0.15) is 0 Å². The molecule has 0 radical (unpaired) electrons. The Hall–Kier alpha value is -1.73. The highest BCUT2D eigenvalue weighted by atomic mass is 32.2. The van der Waals surface area contributed by atoms with Crippen LogP contribution in [0.2, 0.25) is 0 Å². The van der Waals surface area contributed by atoms with Crippen molar-refractivity contribution in [3.8, 4) is 0 Å². The van der Waals surface area contributed by atoms with Crippen LogP contribution in [0.4, 0.5) is 0 Å². The summed E-state index contributed by atoms with van der Waals surface area (Å²) >= 11 is 0.